The molecule has 1 unspecified atom stereocenters. The van der Waals surface area contributed by atoms with Crippen molar-refractivity contribution in [2.75, 3.05) is 27.1 Å². The average molecular weight is 354 g/mol. The highest BCUT2D eigenvalue weighted by atomic mass is 16.7. The van der Waals surface area contributed by atoms with Gasteiger partial charge in [-0.25, -0.2) is 4.79 Å². The molecular formula is C20H34O5. The zero-order chi connectivity index (χ0) is 18.3. The minimum absolute atomic E-state index is 0.245. The molecule has 144 valence electrons. The maximum absolute atomic E-state index is 11.7. The molecule has 2 aliphatic rings. The number of rotatable bonds is 9. The minimum atomic E-state index is -0.467. The van der Waals surface area contributed by atoms with Crippen LogP contribution in [0.1, 0.15) is 52.4 Å². The third-order valence-electron chi connectivity index (χ3n) is 5.84. The van der Waals surface area contributed by atoms with Crippen molar-refractivity contribution in [2.24, 2.45) is 17.8 Å². The summed E-state index contributed by atoms with van der Waals surface area (Å²) in [5.41, 5.74) is -0.467. The summed E-state index contributed by atoms with van der Waals surface area (Å²) in [5.74, 6) is 1.11. The van der Waals surface area contributed by atoms with Crippen LogP contribution in [-0.2, 0) is 23.7 Å². The predicted octanol–water partition coefficient (Wildman–Crippen LogP) is 3.72. The molecule has 0 bridgehead atoms. The summed E-state index contributed by atoms with van der Waals surface area (Å²) in [6.07, 6.45) is 8.40. The minimum Gasteiger partial charge on any atom is -0.456 e. The summed E-state index contributed by atoms with van der Waals surface area (Å²) in [6.45, 7) is 9.08. The van der Waals surface area contributed by atoms with Crippen LogP contribution in [0.4, 0.5) is 0 Å². The summed E-state index contributed by atoms with van der Waals surface area (Å²) < 4.78 is 22.2. The maximum atomic E-state index is 11.7. The fourth-order valence-corrected chi connectivity index (χ4v) is 4.73. The van der Waals surface area contributed by atoms with Gasteiger partial charge < -0.3 is 18.9 Å². The summed E-state index contributed by atoms with van der Waals surface area (Å²) >= 11 is 0. The van der Waals surface area contributed by atoms with Crippen LogP contribution in [0.15, 0.2) is 12.7 Å². The molecule has 2 fully saturated rings. The van der Waals surface area contributed by atoms with Crippen molar-refractivity contribution >= 4 is 5.97 Å². The normalized spacial score (nSPS) is 29.7. The van der Waals surface area contributed by atoms with Gasteiger partial charge in [0, 0.05) is 19.1 Å². The van der Waals surface area contributed by atoms with Crippen molar-refractivity contribution in [1.29, 1.82) is 0 Å². The van der Waals surface area contributed by atoms with Crippen LogP contribution in [0.25, 0.3) is 0 Å². The van der Waals surface area contributed by atoms with E-state index in [1.54, 1.807) is 7.11 Å². The molecule has 0 radical (unpaired) electrons. The van der Waals surface area contributed by atoms with Crippen molar-refractivity contribution in [3.63, 3.8) is 0 Å². The number of ether oxygens (including phenoxy) is 4. The van der Waals surface area contributed by atoms with Gasteiger partial charge in [-0.15, -0.1) is 0 Å². The first-order valence-corrected chi connectivity index (χ1v) is 9.53. The Bertz CT molecular complexity index is 434. The second kappa shape index (κ2) is 9.70. The second-order valence-corrected chi connectivity index (χ2v) is 7.75. The Hall–Kier alpha value is -0.910. The summed E-state index contributed by atoms with van der Waals surface area (Å²) in [6, 6.07) is 0. The van der Waals surface area contributed by atoms with Crippen molar-refractivity contribution in [2.45, 2.75) is 64.1 Å². The first-order valence-electron chi connectivity index (χ1n) is 9.53. The van der Waals surface area contributed by atoms with E-state index < -0.39 is 5.60 Å². The van der Waals surface area contributed by atoms with Crippen LogP contribution in [0.2, 0.25) is 0 Å². The van der Waals surface area contributed by atoms with Crippen LogP contribution in [0.3, 0.4) is 0 Å². The van der Waals surface area contributed by atoms with E-state index in [9.17, 15) is 4.79 Å². The second-order valence-electron chi connectivity index (χ2n) is 7.75. The number of fused-ring (bicyclic) bond motifs is 1. The van der Waals surface area contributed by atoms with Crippen molar-refractivity contribution < 1.29 is 23.7 Å². The van der Waals surface area contributed by atoms with E-state index in [2.05, 4.69) is 6.58 Å². The summed E-state index contributed by atoms with van der Waals surface area (Å²) in [4.78, 5) is 11.7. The van der Waals surface area contributed by atoms with Crippen LogP contribution < -0.4 is 0 Å². The van der Waals surface area contributed by atoms with Crippen LogP contribution >= 0.6 is 0 Å². The topological polar surface area (TPSA) is 54.0 Å². The molecule has 0 aromatic rings. The number of hydrogen-bond donors (Lipinski definition) is 0. The molecule has 5 nitrogen and oxygen atoms in total. The van der Waals surface area contributed by atoms with Gasteiger partial charge in [-0.3, -0.25) is 0 Å². The zero-order valence-electron chi connectivity index (χ0n) is 16.0. The standard InChI is InChI=1S/C20H34O5/c1-5-19(21)25-20(2,3)17-10-6-9-16-15(17)8-7-11-18(16)24-14-23-13-12-22-4/h5,15-18H,1,6-14H2,2-4H3/t15-,16?,17-,18-/m0/s1. The van der Waals surface area contributed by atoms with Crippen molar-refractivity contribution in [3.8, 4) is 0 Å². The molecule has 0 spiro atoms. The lowest BCUT2D eigenvalue weighted by Gasteiger charge is -2.49. The highest BCUT2D eigenvalue weighted by Gasteiger charge is 2.47. The fraction of sp³-hybridized carbons (Fsp3) is 0.850. The Labute approximate surface area is 152 Å². The van der Waals surface area contributed by atoms with Gasteiger partial charge in [0.15, 0.2) is 0 Å². The molecule has 2 rings (SSSR count). The maximum Gasteiger partial charge on any atom is 0.330 e. The molecule has 0 N–H and O–H groups in total. The SMILES string of the molecule is C=CC(=O)OC(C)(C)[C@H]1CCCC2[C@@H](OCOCCOC)CCC[C@@H]21. The molecule has 2 aliphatic carbocycles. The van der Waals surface area contributed by atoms with Gasteiger partial charge in [-0.05, 0) is 51.4 Å². The van der Waals surface area contributed by atoms with E-state index in [1.807, 2.05) is 13.8 Å². The van der Waals surface area contributed by atoms with Crippen molar-refractivity contribution in [1.82, 2.24) is 0 Å². The Kier molecular flexibility index (Phi) is 7.91. The lowest BCUT2D eigenvalue weighted by atomic mass is 9.60. The van der Waals surface area contributed by atoms with Crippen LogP contribution in [-0.4, -0.2) is 44.8 Å². The molecule has 0 heterocycles. The summed E-state index contributed by atoms with van der Waals surface area (Å²) in [5, 5.41) is 0. The lowest BCUT2D eigenvalue weighted by molar-refractivity contribution is -0.172. The quantitative estimate of drug-likeness (QED) is 0.273. The molecule has 4 atom stereocenters. The molecule has 0 aliphatic heterocycles. The average Bonchev–Trinajstić information content (AvgIpc) is 2.60. The number of hydrogen-bond acceptors (Lipinski definition) is 5. The fourth-order valence-electron chi connectivity index (χ4n) is 4.73. The molecule has 0 amide bonds. The predicted molar refractivity (Wildman–Crippen MR) is 96.1 cm³/mol. The molecular weight excluding hydrogens is 320 g/mol. The van der Waals surface area contributed by atoms with E-state index in [4.69, 9.17) is 18.9 Å². The smallest absolute Gasteiger partial charge is 0.330 e. The third-order valence-corrected chi connectivity index (χ3v) is 5.84. The van der Waals surface area contributed by atoms with Gasteiger partial charge in [0.05, 0.1) is 19.3 Å². The van der Waals surface area contributed by atoms with Gasteiger partial charge >= 0.3 is 5.97 Å². The first-order chi connectivity index (χ1) is 12.0. The zero-order valence-corrected chi connectivity index (χ0v) is 16.0. The first kappa shape index (κ1) is 20.4. The molecule has 25 heavy (non-hydrogen) atoms. The molecule has 0 aromatic carbocycles. The van der Waals surface area contributed by atoms with E-state index >= 15 is 0 Å². The van der Waals surface area contributed by atoms with E-state index in [-0.39, 0.29) is 12.1 Å². The van der Waals surface area contributed by atoms with E-state index in [0.29, 0.717) is 37.8 Å². The van der Waals surface area contributed by atoms with E-state index in [1.165, 1.54) is 18.9 Å². The number of methoxy groups -OCH3 is 1. The van der Waals surface area contributed by atoms with Gasteiger partial charge in [-0.1, -0.05) is 19.4 Å². The summed E-state index contributed by atoms with van der Waals surface area (Å²) in [7, 11) is 1.67. The van der Waals surface area contributed by atoms with Gasteiger partial charge in [-0.2, -0.15) is 0 Å². The Morgan fingerprint density at radius 2 is 1.84 bits per heavy atom. The molecule has 5 heteroatoms. The Balaban J connectivity index is 1.95. The number of esters is 1. The highest BCUT2D eigenvalue weighted by molar-refractivity contribution is 5.81. The number of carbonyl (C=O) groups excluding carboxylic acids is 1. The highest BCUT2D eigenvalue weighted by Crippen LogP contribution is 2.49. The number of carbonyl (C=O) groups is 1. The van der Waals surface area contributed by atoms with Crippen LogP contribution in [0.5, 0.6) is 0 Å². The van der Waals surface area contributed by atoms with Gasteiger partial charge in [0.1, 0.15) is 12.4 Å². The third kappa shape index (κ3) is 5.53. The van der Waals surface area contributed by atoms with Gasteiger partial charge in [0.2, 0.25) is 0 Å². The van der Waals surface area contributed by atoms with Crippen molar-refractivity contribution in [3.05, 3.63) is 12.7 Å². The van der Waals surface area contributed by atoms with Crippen LogP contribution in [0, 0.1) is 17.8 Å². The molecule has 0 aromatic heterocycles. The Morgan fingerprint density at radius 1 is 1.12 bits per heavy atom. The van der Waals surface area contributed by atoms with Gasteiger partial charge in [0.25, 0.3) is 0 Å². The molecule has 2 saturated carbocycles. The lowest BCUT2D eigenvalue weighted by Crippen LogP contribution is -2.49. The van der Waals surface area contributed by atoms with E-state index in [0.717, 1.165) is 25.7 Å². The molecule has 0 saturated heterocycles. The Morgan fingerprint density at radius 3 is 2.56 bits per heavy atom. The largest absolute Gasteiger partial charge is 0.456 e. The monoisotopic (exact) mass is 354 g/mol.